The predicted molar refractivity (Wildman–Crippen MR) is 245 cm³/mol. The monoisotopic (exact) mass is 829 g/mol. The molecule has 6 heteroatoms. The van der Waals surface area contributed by atoms with Gasteiger partial charge in [-0.3, -0.25) is 14.4 Å². The molecule has 0 heterocycles. The number of esters is 3. The van der Waals surface area contributed by atoms with Gasteiger partial charge < -0.3 is 14.2 Å². The smallest absolute Gasteiger partial charge is 0.306 e. The van der Waals surface area contributed by atoms with Crippen molar-refractivity contribution < 1.29 is 28.6 Å². The summed E-state index contributed by atoms with van der Waals surface area (Å²) in [5.41, 5.74) is 0.821. The largest absolute Gasteiger partial charge is 0.466 e. The third-order valence-corrected chi connectivity index (χ3v) is 16.7. The zero-order valence-corrected chi connectivity index (χ0v) is 40.1. The first kappa shape index (κ1) is 51.8. The molecule has 3 aliphatic carbocycles. The van der Waals surface area contributed by atoms with E-state index >= 15 is 0 Å². The van der Waals surface area contributed by atoms with Gasteiger partial charge in [0.25, 0.3) is 0 Å². The van der Waals surface area contributed by atoms with E-state index in [0.717, 1.165) is 108 Å². The normalized spacial score (nSPS) is 22.8. The Morgan fingerprint density at radius 2 is 1.05 bits per heavy atom. The minimum atomic E-state index is -0.0517. The molecule has 0 N–H and O–H groups in total. The van der Waals surface area contributed by atoms with Gasteiger partial charge in [0.15, 0.2) is 0 Å². The number of rotatable bonds is 35. The van der Waals surface area contributed by atoms with E-state index in [1.165, 1.54) is 96.3 Å². The number of fused-ring (bicyclic) bond motifs is 2. The van der Waals surface area contributed by atoms with E-state index in [2.05, 4.69) is 48.5 Å². The van der Waals surface area contributed by atoms with Crippen molar-refractivity contribution in [3.63, 3.8) is 0 Å². The fraction of sp³-hybridized carbons (Fsp3) is 0.943. The first-order valence-corrected chi connectivity index (χ1v) is 25.9. The van der Waals surface area contributed by atoms with Crippen LogP contribution in [0, 0.1) is 39.9 Å². The van der Waals surface area contributed by atoms with Crippen LogP contribution in [0.4, 0.5) is 0 Å². The molecule has 0 aromatic carbocycles. The molecule has 3 rings (SSSR count). The van der Waals surface area contributed by atoms with Gasteiger partial charge in [-0.05, 0) is 118 Å². The topological polar surface area (TPSA) is 78.9 Å². The highest BCUT2D eigenvalue weighted by Gasteiger charge is 2.65. The van der Waals surface area contributed by atoms with E-state index in [-0.39, 0.29) is 29.4 Å². The maximum Gasteiger partial charge on any atom is 0.306 e. The minimum Gasteiger partial charge on any atom is -0.466 e. The minimum absolute atomic E-state index is 0.00498. The second kappa shape index (κ2) is 28.2. The standard InChI is InChI=1S/C53H96O6/c1-8-11-20-28-44(29-21-12-9-2)37-40-57-48(54)33-24-18-14-16-22-30-47(59-50(56)32-13-10-3)31-23-17-15-19-25-34-49(55)58-42-53(38-26-27-39-53)43(4)52(7)46-36-35-45(41-46)51(52,5)6/h43-47H,8-42H2,1-7H3. The predicted octanol–water partition coefficient (Wildman–Crippen LogP) is 15.5. The Morgan fingerprint density at radius 3 is 1.59 bits per heavy atom. The third kappa shape index (κ3) is 16.9. The van der Waals surface area contributed by atoms with Crippen molar-refractivity contribution in [2.75, 3.05) is 13.2 Å². The number of unbranched alkanes of at least 4 members (excludes halogenated alkanes) is 13. The summed E-state index contributed by atoms with van der Waals surface area (Å²) < 4.78 is 17.8. The molecule has 2 bridgehead atoms. The molecule has 0 aliphatic heterocycles. The van der Waals surface area contributed by atoms with Crippen LogP contribution in [0.3, 0.4) is 0 Å². The Kier molecular flexibility index (Phi) is 24.7. The van der Waals surface area contributed by atoms with Crippen molar-refractivity contribution in [3.8, 4) is 0 Å². The summed E-state index contributed by atoms with van der Waals surface area (Å²) in [6, 6.07) is 0. The molecule has 344 valence electrons. The molecular formula is C53H96O6. The van der Waals surface area contributed by atoms with Gasteiger partial charge in [0.2, 0.25) is 0 Å². The van der Waals surface area contributed by atoms with Crippen LogP contribution in [-0.2, 0) is 28.6 Å². The van der Waals surface area contributed by atoms with Crippen molar-refractivity contribution in [3.05, 3.63) is 0 Å². The van der Waals surface area contributed by atoms with E-state index in [9.17, 15) is 14.4 Å². The quantitative estimate of drug-likeness (QED) is 0.0360. The Hall–Kier alpha value is -1.59. The van der Waals surface area contributed by atoms with Gasteiger partial charge in [0, 0.05) is 24.7 Å². The van der Waals surface area contributed by atoms with Crippen LogP contribution in [0.25, 0.3) is 0 Å². The maximum atomic E-state index is 13.0. The van der Waals surface area contributed by atoms with Crippen molar-refractivity contribution in [2.24, 2.45) is 39.9 Å². The van der Waals surface area contributed by atoms with Crippen molar-refractivity contribution in [2.45, 2.75) is 266 Å². The number of carbonyl (C=O) groups is 3. The van der Waals surface area contributed by atoms with Crippen LogP contribution in [0.15, 0.2) is 0 Å². The van der Waals surface area contributed by atoms with Crippen molar-refractivity contribution in [1.29, 1.82) is 0 Å². The third-order valence-electron chi connectivity index (χ3n) is 16.7. The summed E-state index contributed by atoms with van der Waals surface area (Å²) in [5, 5.41) is 0. The van der Waals surface area contributed by atoms with Gasteiger partial charge in [-0.25, -0.2) is 0 Å². The summed E-state index contributed by atoms with van der Waals surface area (Å²) >= 11 is 0. The first-order chi connectivity index (χ1) is 28.4. The number of hydrogen-bond acceptors (Lipinski definition) is 6. The molecule has 0 amide bonds. The molecule has 0 aromatic heterocycles. The second-order valence-electron chi connectivity index (χ2n) is 20.9. The molecule has 0 saturated heterocycles. The van der Waals surface area contributed by atoms with Gasteiger partial charge in [-0.1, -0.05) is 158 Å². The maximum absolute atomic E-state index is 13.0. The lowest BCUT2D eigenvalue weighted by Gasteiger charge is -2.56. The summed E-state index contributed by atoms with van der Waals surface area (Å²) in [4.78, 5) is 38.0. The van der Waals surface area contributed by atoms with Gasteiger partial charge in [0.05, 0.1) is 13.2 Å². The summed E-state index contributed by atoms with van der Waals surface area (Å²) in [7, 11) is 0. The molecule has 59 heavy (non-hydrogen) atoms. The molecule has 0 spiro atoms. The molecular weight excluding hydrogens is 733 g/mol. The summed E-state index contributed by atoms with van der Waals surface area (Å²) in [6.07, 6.45) is 36.0. The zero-order valence-electron chi connectivity index (χ0n) is 40.1. The fourth-order valence-electron chi connectivity index (χ4n) is 12.2. The van der Waals surface area contributed by atoms with Crippen LogP contribution in [0.5, 0.6) is 0 Å². The Bertz CT molecular complexity index is 1150. The molecule has 3 fully saturated rings. The lowest BCUT2D eigenvalue weighted by Crippen LogP contribution is -2.51. The van der Waals surface area contributed by atoms with Crippen LogP contribution in [0.2, 0.25) is 0 Å². The highest BCUT2D eigenvalue weighted by atomic mass is 16.5. The van der Waals surface area contributed by atoms with Gasteiger partial charge in [-0.15, -0.1) is 0 Å². The molecule has 3 aliphatic rings. The van der Waals surface area contributed by atoms with Crippen molar-refractivity contribution in [1.82, 2.24) is 0 Å². The summed E-state index contributed by atoms with van der Waals surface area (Å²) in [5.74, 6) is 2.85. The SMILES string of the molecule is CCCCCC(CCCCC)CCOC(=O)CCCCCCCC(CCCCCCCC(=O)OCC1(C(C)C2(C)C3CCC(C3)C2(C)C)CCCC1)OC(=O)CCCC. The van der Waals surface area contributed by atoms with E-state index in [0.29, 0.717) is 55.1 Å². The zero-order chi connectivity index (χ0) is 43.0. The summed E-state index contributed by atoms with van der Waals surface area (Å²) in [6.45, 7) is 18.0. The fourth-order valence-corrected chi connectivity index (χ4v) is 12.2. The highest BCUT2D eigenvalue weighted by Crippen LogP contribution is 2.72. The van der Waals surface area contributed by atoms with Crippen LogP contribution >= 0.6 is 0 Å². The van der Waals surface area contributed by atoms with E-state index in [1.54, 1.807) is 0 Å². The molecule has 3 saturated carbocycles. The highest BCUT2D eigenvalue weighted by molar-refractivity contribution is 5.70. The number of ether oxygens (including phenoxy) is 3. The van der Waals surface area contributed by atoms with Crippen molar-refractivity contribution >= 4 is 17.9 Å². The molecule has 5 unspecified atom stereocenters. The van der Waals surface area contributed by atoms with Gasteiger partial charge in [0.1, 0.15) is 6.10 Å². The lowest BCUT2D eigenvalue weighted by molar-refractivity contribution is -0.154. The van der Waals surface area contributed by atoms with E-state index in [1.807, 2.05) is 0 Å². The average molecular weight is 829 g/mol. The number of carbonyl (C=O) groups excluding carboxylic acids is 3. The molecule has 0 radical (unpaired) electrons. The van der Waals surface area contributed by atoms with E-state index in [4.69, 9.17) is 14.2 Å². The van der Waals surface area contributed by atoms with Gasteiger partial charge in [-0.2, -0.15) is 0 Å². The van der Waals surface area contributed by atoms with Crippen LogP contribution < -0.4 is 0 Å². The van der Waals surface area contributed by atoms with E-state index < -0.39 is 0 Å². The lowest BCUT2D eigenvalue weighted by atomic mass is 9.48. The average Bonchev–Trinajstić information content (AvgIpc) is 3.96. The molecule has 0 aromatic rings. The van der Waals surface area contributed by atoms with Crippen LogP contribution in [0.1, 0.15) is 260 Å². The second-order valence-corrected chi connectivity index (χ2v) is 20.9. The van der Waals surface area contributed by atoms with Crippen LogP contribution in [-0.4, -0.2) is 37.2 Å². The number of hydrogen-bond donors (Lipinski definition) is 0. The molecule has 5 atom stereocenters. The van der Waals surface area contributed by atoms with Gasteiger partial charge >= 0.3 is 17.9 Å². The Balaban J connectivity index is 1.27. The molecule has 6 nitrogen and oxygen atoms in total. The Labute approximate surface area is 365 Å². The first-order valence-electron chi connectivity index (χ1n) is 25.9. The Morgan fingerprint density at radius 1 is 0.559 bits per heavy atom.